The van der Waals surface area contributed by atoms with Crippen LogP contribution in [0, 0.1) is 11.3 Å². The van der Waals surface area contributed by atoms with Crippen LogP contribution in [0.1, 0.15) is 50.8 Å². The Morgan fingerprint density at radius 1 is 1.40 bits per heavy atom. The molecule has 0 aliphatic heterocycles. The van der Waals surface area contributed by atoms with Gasteiger partial charge in [-0.25, -0.2) is 0 Å². The Hall–Kier alpha value is -1.86. The summed E-state index contributed by atoms with van der Waals surface area (Å²) in [4.78, 5) is 11.6. The third-order valence-electron chi connectivity index (χ3n) is 3.34. The molecule has 108 valence electrons. The van der Waals surface area contributed by atoms with Gasteiger partial charge in [0.15, 0.2) is 0 Å². The van der Waals surface area contributed by atoms with Gasteiger partial charge < -0.3 is 10.6 Å². The molecule has 20 heavy (non-hydrogen) atoms. The summed E-state index contributed by atoms with van der Waals surface area (Å²) in [6.45, 7) is 6.71. The molecule has 4 heteroatoms. The molecule has 0 fully saturated rings. The Labute approximate surface area is 121 Å². The van der Waals surface area contributed by atoms with Crippen molar-refractivity contribution in [2.75, 3.05) is 6.54 Å². The average Bonchev–Trinajstić information content (AvgIpc) is 2.46. The second-order valence-electron chi connectivity index (χ2n) is 5.04. The minimum atomic E-state index is 0.0739. The van der Waals surface area contributed by atoms with Gasteiger partial charge in [0.05, 0.1) is 11.6 Å². The molecular formula is C16H23N3O. The number of nitrogens with one attached hydrogen (secondary N) is 2. The highest BCUT2D eigenvalue weighted by atomic mass is 16.1. The van der Waals surface area contributed by atoms with Crippen LogP contribution in [-0.4, -0.2) is 18.5 Å². The highest BCUT2D eigenvalue weighted by Gasteiger charge is 2.08. The lowest BCUT2D eigenvalue weighted by Gasteiger charge is -2.15. The Bertz CT molecular complexity index is 479. The maximum atomic E-state index is 11.6. The zero-order valence-corrected chi connectivity index (χ0v) is 12.4. The van der Waals surface area contributed by atoms with Gasteiger partial charge in [-0.05, 0) is 38.0 Å². The summed E-state index contributed by atoms with van der Waals surface area (Å²) < 4.78 is 0. The first-order valence-electron chi connectivity index (χ1n) is 7.09. The lowest BCUT2D eigenvalue weighted by Crippen LogP contribution is -2.34. The van der Waals surface area contributed by atoms with E-state index in [-0.39, 0.29) is 18.0 Å². The second kappa shape index (κ2) is 8.34. The number of nitriles is 1. The molecule has 1 aromatic rings. The van der Waals surface area contributed by atoms with Gasteiger partial charge in [0.1, 0.15) is 0 Å². The predicted octanol–water partition coefficient (Wildman–Crippen LogP) is 2.51. The molecule has 0 saturated carbocycles. The van der Waals surface area contributed by atoms with Crippen molar-refractivity contribution in [2.45, 2.75) is 45.7 Å². The monoisotopic (exact) mass is 273 g/mol. The summed E-state index contributed by atoms with van der Waals surface area (Å²) in [5, 5.41) is 15.1. The molecule has 2 atom stereocenters. The lowest BCUT2D eigenvalue weighted by atomic mass is 10.1. The van der Waals surface area contributed by atoms with Gasteiger partial charge in [-0.15, -0.1) is 0 Å². The van der Waals surface area contributed by atoms with Gasteiger partial charge >= 0.3 is 0 Å². The van der Waals surface area contributed by atoms with E-state index in [0.717, 1.165) is 12.0 Å². The van der Waals surface area contributed by atoms with E-state index in [1.165, 1.54) is 0 Å². The minimum Gasteiger partial charge on any atom is -0.354 e. The second-order valence-corrected chi connectivity index (χ2v) is 5.04. The van der Waals surface area contributed by atoms with Gasteiger partial charge in [0.2, 0.25) is 5.91 Å². The molecule has 0 bridgehead atoms. The van der Waals surface area contributed by atoms with Crippen LogP contribution in [0.5, 0.6) is 0 Å². The summed E-state index contributed by atoms with van der Waals surface area (Å²) in [5.74, 6) is 0.0739. The number of carbonyl (C=O) groups is 1. The van der Waals surface area contributed by atoms with Crippen LogP contribution in [0.3, 0.4) is 0 Å². The van der Waals surface area contributed by atoms with Crippen molar-refractivity contribution in [3.8, 4) is 6.07 Å². The first kappa shape index (κ1) is 16.2. The first-order chi connectivity index (χ1) is 9.56. The van der Waals surface area contributed by atoms with E-state index in [9.17, 15) is 4.79 Å². The number of hydrogen-bond acceptors (Lipinski definition) is 3. The number of hydrogen-bond donors (Lipinski definition) is 2. The quantitative estimate of drug-likeness (QED) is 0.802. The van der Waals surface area contributed by atoms with Gasteiger partial charge in [-0.3, -0.25) is 4.79 Å². The zero-order valence-electron chi connectivity index (χ0n) is 12.4. The Morgan fingerprint density at radius 2 is 2.15 bits per heavy atom. The molecular weight excluding hydrogens is 250 g/mol. The van der Waals surface area contributed by atoms with Gasteiger partial charge in [-0.1, -0.05) is 19.1 Å². The lowest BCUT2D eigenvalue weighted by molar-refractivity contribution is -0.121. The zero-order chi connectivity index (χ0) is 15.0. The average molecular weight is 273 g/mol. The summed E-state index contributed by atoms with van der Waals surface area (Å²) in [5.41, 5.74) is 1.72. The highest BCUT2D eigenvalue weighted by Crippen LogP contribution is 2.13. The molecule has 0 aromatic heterocycles. The standard InChI is InChI=1S/C16H23N3O/c1-4-12(2)19-16(20)8-9-18-13(3)15-7-5-6-14(10-15)11-17/h5-7,10,12-13,18H,4,8-9H2,1-3H3,(H,19,20). The topological polar surface area (TPSA) is 64.9 Å². The third-order valence-corrected chi connectivity index (χ3v) is 3.34. The van der Waals surface area contributed by atoms with Crippen LogP contribution in [0.15, 0.2) is 24.3 Å². The van der Waals surface area contributed by atoms with E-state index in [0.29, 0.717) is 18.5 Å². The van der Waals surface area contributed by atoms with Crippen LogP contribution < -0.4 is 10.6 Å². The Balaban J connectivity index is 2.38. The molecule has 2 unspecified atom stereocenters. The maximum Gasteiger partial charge on any atom is 0.221 e. The third kappa shape index (κ3) is 5.41. The van der Waals surface area contributed by atoms with Crippen molar-refractivity contribution in [2.24, 2.45) is 0 Å². The van der Waals surface area contributed by atoms with Gasteiger partial charge in [0.25, 0.3) is 0 Å². The van der Waals surface area contributed by atoms with E-state index >= 15 is 0 Å². The smallest absolute Gasteiger partial charge is 0.221 e. The number of carbonyl (C=O) groups excluding carboxylic acids is 1. The fourth-order valence-electron chi connectivity index (χ4n) is 1.85. The van der Waals surface area contributed by atoms with Crippen molar-refractivity contribution >= 4 is 5.91 Å². The fraction of sp³-hybridized carbons (Fsp3) is 0.500. The summed E-state index contributed by atoms with van der Waals surface area (Å²) in [6.07, 6.45) is 1.41. The SMILES string of the molecule is CCC(C)NC(=O)CCNC(C)c1cccc(C#N)c1. The highest BCUT2D eigenvalue weighted by molar-refractivity contribution is 5.76. The number of rotatable bonds is 7. The van der Waals surface area contributed by atoms with E-state index in [4.69, 9.17) is 5.26 Å². The van der Waals surface area contributed by atoms with E-state index in [2.05, 4.69) is 16.7 Å². The molecule has 0 saturated heterocycles. The molecule has 0 heterocycles. The van der Waals surface area contributed by atoms with E-state index in [1.807, 2.05) is 39.0 Å². The fourth-order valence-corrected chi connectivity index (χ4v) is 1.85. The summed E-state index contributed by atoms with van der Waals surface area (Å²) in [7, 11) is 0. The molecule has 1 amide bonds. The summed E-state index contributed by atoms with van der Waals surface area (Å²) in [6, 6.07) is 10.0. The Kier molecular flexibility index (Phi) is 6.75. The minimum absolute atomic E-state index is 0.0739. The number of nitrogens with zero attached hydrogens (tertiary/aromatic N) is 1. The summed E-state index contributed by atoms with van der Waals surface area (Å²) >= 11 is 0. The number of amides is 1. The van der Waals surface area contributed by atoms with Crippen molar-refractivity contribution in [1.29, 1.82) is 5.26 Å². The van der Waals surface area contributed by atoms with Crippen LogP contribution in [-0.2, 0) is 4.79 Å². The van der Waals surface area contributed by atoms with Crippen LogP contribution in [0.4, 0.5) is 0 Å². The molecule has 0 spiro atoms. The molecule has 0 radical (unpaired) electrons. The van der Waals surface area contributed by atoms with Gasteiger partial charge in [-0.2, -0.15) is 5.26 Å². The Morgan fingerprint density at radius 3 is 2.80 bits per heavy atom. The first-order valence-corrected chi connectivity index (χ1v) is 7.09. The molecule has 4 nitrogen and oxygen atoms in total. The molecule has 1 aromatic carbocycles. The molecule has 0 aliphatic rings. The van der Waals surface area contributed by atoms with Crippen molar-refractivity contribution in [3.63, 3.8) is 0 Å². The maximum absolute atomic E-state index is 11.6. The van der Waals surface area contributed by atoms with E-state index < -0.39 is 0 Å². The van der Waals surface area contributed by atoms with Crippen molar-refractivity contribution in [3.05, 3.63) is 35.4 Å². The van der Waals surface area contributed by atoms with Gasteiger partial charge in [0, 0.05) is 25.0 Å². The molecule has 2 N–H and O–H groups in total. The molecule has 0 aliphatic carbocycles. The van der Waals surface area contributed by atoms with Crippen molar-refractivity contribution in [1.82, 2.24) is 10.6 Å². The predicted molar refractivity (Wildman–Crippen MR) is 80.1 cm³/mol. The van der Waals surface area contributed by atoms with Crippen LogP contribution in [0.2, 0.25) is 0 Å². The number of benzene rings is 1. The van der Waals surface area contributed by atoms with E-state index in [1.54, 1.807) is 6.07 Å². The van der Waals surface area contributed by atoms with Crippen molar-refractivity contribution < 1.29 is 4.79 Å². The van der Waals surface area contributed by atoms with Crippen LogP contribution in [0.25, 0.3) is 0 Å². The van der Waals surface area contributed by atoms with Crippen LogP contribution >= 0.6 is 0 Å². The normalized spacial score (nSPS) is 13.3. The largest absolute Gasteiger partial charge is 0.354 e. The molecule has 1 rings (SSSR count).